The van der Waals surface area contributed by atoms with Crippen LogP contribution in [0.2, 0.25) is 0 Å². The van der Waals surface area contributed by atoms with E-state index >= 15 is 0 Å². The van der Waals surface area contributed by atoms with Gasteiger partial charge in [-0.05, 0) is 62.4 Å². The molecule has 0 spiro atoms. The fourth-order valence-corrected chi connectivity index (χ4v) is 7.71. The van der Waals surface area contributed by atoms with Crippen molar-refractivity contribution in [2.24, 2.45) is 11.5 Å². The van der Waals surface area contributed by atoms with Gasteiger partial charge in [-0.1, -0.05) is 78.9 Å². The van der Waals surface area contributed by atoms with Crippen molar-refractivity contribution in [3.63, 3.8) is 0 Å². The lowest BCUT2D eigenvalue weighted by atomic mass is 10.0. The van der Waals surface area contributed by atoms with Crippen molar-refractivity contribution in [3.8, 4) is 0 Å². The predicted octanol–water partition coefficient (Wildman–Crippen LogP) is -0.609. The minimum atomic E-state index is -1.68. The Balaban J connectivity index is 1.58. The molecule has 20 nitrogen and oxygen atoms in total. The molecule has 9 atom stereocenters. The summed E-state index contributed by atoms with van der Waals surface area (Å²) in [5, 5.41) is 39.2. The Morgan fingerprint density at radius 1 is 0.571 bits per heavy atom. The zero-order valence-corrected chi connectivity index (χ0v) is 40.7. The van der Waals surface area contributed by atoms with Gasteiger partial charge < -0.3 is 63.9 Å². The van der Waals surface area contributed by atoms with E-state index < -0.39 is 102 Å². The number of aromatic amines is 1. The Bertz CT molecular complexity index is 2390. The van der Waals surface area contributed by atoms with Crippen molar-refractivity contribution in [3.05, 3.63) is 108 Å². The van der Waals surface area contributed by atoms with E-state index in [9.17, 15) is 48.6 Å². The number of carboxylic acids is 1. The van der Waals surface area contributed by atoms with E-state index in [1.165, 1.54) is 13.8 Å². The van der Waals surface area contributed by atoms with Gasteiger partial charge in [0.15, 0.2) is 0 Å². The number of carboxylic acid groups (broad SMARTS) is 1. The van der Waals surface area contributed by atoms with E-state index in [2.05, 4.69) is 67.5 Å². The molecule has 0 aliphatic heterocycles. The summed E-state index contributed by atoms with van der Waals surface area (Å²) in [5.74, 6) is -7.23. The summed E-state index contributed by atoms with van der Waals surface area (Å²) in [6.45, 7) is 2.89. The fraction of sp³-hybridized carbons (Fsp3) is 0.417. The smallest absolute Gasteiger partial charge is 0.327 e. The Morgan fingerprint density at radius 3 is 1.60 bits per heavy atom. The zero-order chi connectivity index (χ0) is 51.3. The number of rotatable bonds is 28. The molecular weight excluding hydrogens is 941 g/mol. The third-order valence-electron chi connectivity index (χ3n) is 11.3. The average molecular weight is 1010 g/mol. The summed E-state index contributed by atoms with van der Waals surface area (Å²) in [7, 11) is 0. The number of hydrogen-bond donors (Lipinski definition) is 14. The van der Waals surface area contributed by atoms with Crippen molar-refractivity contribution in [2.45, 2.75) is 107 Å². The van der Waals surface area contributed by atoms with Gasteiger partial charge in [-0.2, -0.15) is 25.3 Å². The SMILES string of the molecule is C[C@H](NC(=O)[C@H](Cc1ccccc1)NC(=O)[C@@H](N)CS)C(=O)N[C@@H](Cc1c[nH]c2ccccc12)C(=O)N[C@@H](CCCCN)C(=O)N[C@H](C(=O)N[C@@H](Cc1ccccc1)C(=O)N[C@@H](CS)C(=O)O)[C@@H](C)O. The molecule has 1 heterocycles. The van der Waals surface area contributed by atoms with E-state index in [0.717, 1.165) is 16.5 Å². The number of aromatic nitrogens is 1. The van der Waals surface area contributed by atoms with Gasteiger partial charge in [-0.3, -0.25) is 33.6 Å². The molecule has 0 aliphatic carbocycles. The molecule has 378 valence electrons. The maximum Gasteiger partial charge on any atom is 0.327 e. The maximum absolute atomic E-state index is 14.5. The molecule has 0 saturated heterocycles. The van der Waals surface area contributed by atoms with Gasteiger partial charge in [0.1, 0.15) is 42.3 Å². The largest absolute Gasteiger partial charge is 0.480 e. The Morgan fingerprint density at radius 2 is 1.06 bits per heavy atom. The summed E-state index contributed by atoms with van der Waals surface area (Å²) in [5.41, 5.74) is 14.4. The number of para-hydroxylation sites is 1. The van der Waals surface area contributed by atoms with Gasteiger partial charge in [0, 0.05) is 47.9 Å². The number of aliphatic hydroxyl groups is 1. The lowest BCUT2D eigenvalue weighted by Gasteiger charge is -2.28. The van der Waals surface area contributed by atoms with Crippen LogP contribution in [0.3, 0.4) is 0 Å². The number of aliphatic hydroxyl groups excluding tert-OH is 1. The number of benzene rings is 3. The highest BCUT2D eigenvalue weighted by atomic mass is 32.1. The minimum Gasteiger partial charge on any atom is -0.480 e. The van der Waals surface area contributed by atoms with Crippen molar-refractivity contribution < 1.29 is 48.6 Å². The number of nitrogens with two attached hydrogens (primary N) is 2. The number of unbranched alkanes of at least 4 members (excludes halogenated alkanes) is 1. The maximum atomic E-state index is 14.5. The van der Waals surface area contributed by atoms with Crippen LogP contribution in [0.25, 0.3) is 10.9 Å². The molecule has 0 radical (unpaired) electrons. The summed E-state index contributed by atoms with van der Waals surface area (Å²) < 4.78 is 0. The van der Waals surface area contributed by atoms with Crippen LogP contribution in [0, 0.1) is 0 Å². The van der Waals surface area contributed by atoms with Crippen molar-refractivity contribution in [2.75, 3.05) is 18.1 Å². The number of thiol groups is 2. The molecule has 0 saturated carbocycles. The summed E-state index contributed by atoms with van der Waals surface area (Å²) in [6, 6.07) is 14.2. The predicted molar refractivity (Wildman–Crippen MR) is 269 cm³/mol. The number of aliphatic carboxylic acids is 1. The highest BCUT2D eigenvalue weighted by molar-refractivity contribution is 7.80. The molecule has 0 aliphatic rings. The van der Waals surface area contributed by atoms with Crippen LogP contribution >= 0.6 is 25.3 Å². The van der Waals surface area contributed by atoms with Crippen LogP contribution in [0.15, 0.2) is 91.1 Å². The highest BCUT2D eigenvalue weighted by Gasteiger charge is 2.35. The molecular formula is C48H64N10O10S2. The second-order valence-electron chi connectivity index (χ2n) is 16.8. The molecule has 22 heteroatoms. The van der Waals surface area contributed by atoms with Crippen molar-refractivity contribution in [1.29, 1.82) is 0 Å². The summed E-state index contributed by atoms with van der Waals surface area (Å²) in [6.07, 6.45) is 0.808. The van der Waals surface area contributed by atoms with Crippen LogP contribution in [0.1, 0.15) is 49.8 Å². The Labute approximate surface area is 416 Å². The number of amides is 7. The number of carbonyl (C=O) groups excluding carboxylic acids is 7. The van der Waals surface area contributed by atoms with E-state index in [1.54, 1.807) is 72.9 Å². The number of hydrogen-bond acceptors (Lipinski definition) is 13. The number of nitrogens with one attached hydrogen (secondary N) is 8. The number of fused-ring (bicyclic) bond motifs is 1. The molecule has 70 heavy (non-hydrogen) atoms. The van der Waals surface area contributed by atoms with E-state index in [-0.39, 0.29) is 43.7 Å². The second kappa shape index (κ2) is 28.3. The van der Waals surface area contributed by atoms with Gasteiger partial charge in [0.05, 0.1) is 12.1 Å². The first kappa shape index (κ1) is 56.1. The van der Waals surface area contributed by atoms with Crippen LogP contribution in [-0.2, 0) is 57.6 Å². The molecule has 4 aromatic rings. The van der Waals surface area contributed by atoms with Gasteiger partial charge in [0.25, 0.3) is 0 Å². The van der Waals surface area contributed by atoms with Crippen LogP contribution in [0.4, 0.5) is 0 Å². The van der Waals surface area contributed by atoms with Crippen molar-refractivity contribution >= 4 is 83.5 Å². The summed E-state index contributed by atoms with van der Waals surface area (Å²) in [4.78, 5) is 111. The first-order chi connectivity index (χ1) is 33.4. The molecule has 0 bridgehead atoms. The minimum absolute atomic E-state index is 0.00781. The third kappa shape index (κ3) is 17.2. The van der Waals surface area contributed by atoms with E-state index in [1.807, 2.05) is 18.2 Å². The van der Waals surface area contributed by atoms with Crippen LogP contribution in [0.5, 0.6) is 0 Å². The highest BCUT2D eigenvalue weighted by Crippen LogP contribution is 2.20. The fourth-order valence-electron chi connectivity index (χ4n) is 7.30. The average Bonchev–Trinajstić information content (AvgIpc) is 3.76. The molecule has 14 N–H and O–H groups in total. The first-order valence-corrected chi connectivity index (χ1v) is 24.1. The van der Waals surface area contributed by atoms with Crippen LogP contribution in [-0.4, -0.2) is 135 Å². The second-order valence-corrected chi connectivity index (χ2v) is 17.5. The van der Waals surface area contributed by atoms with Crippen molar-refractivity contribution in [1.82, 2.24) is 42.2 Å². The first-order valence-electron chi connectivity index (χ1n) is 22.8. The Hall–Kier alpha value is -6.46. The van der Waals surface area contributed by atoms with Gasteiger partial charge >= 0.3 is 5.97 Å². The third-order valence-corrected chi connectivity index (χ3v) is 12.0. The molecule has 0 fully saturated rings. The van der Waals surface area contributed by atoms with Gasteiger partial charge in [-0.15, -0.1) is 0 Å². The standard InChI is InChI=1S/C48H64N10O10S2/c1-27(52-44(63)36(55-42(61)33(50)25-69)21-29-13-5-3-6-14-29)41(60)54-38(23-31-24-51-34-18-10-9-17-32(31)34)46(65)53-35(19-11-12-20-49)43(62)58-40(28(2)59)47(66)56-37(22-30-15-7-4-8-16-30)45(64)57-39(26-70)48(67)68/h3-10,13-18,24,27-28,33,35-40,51,59,69-70H,11-12,19-23,25-26,49-50H2,1-2H3,(H,52,63)(H,53,65)(H,54,60)(H,55,61)(H,56,66)(H,57,64)(H,58,62)(H,67,68)/t27-,28+,33-,35-,36-,37-,38-,39-,40-/m0/s1. The normalized spacial score (nSPS) is 15.0. The molecule has 1 aromatic heterocycles. The van der Waals surface area contributed by atoms with Crippen LogP contribution < -0.4 is 48.7 Å². The van der Waals surface area contributed by atoms with E-state index in [4.69, 9.17) is 11.5 Å². The Kier molecular flexibility index (Phi) is 22.7. The topological polar surface area (TPSA) is 329 Å². The van der Waals surface area contributed by atoms with Gasteiger partial charge in [-0.25, -0.2) is 4.79 Å². The lowest BCUT2D eigenvalue weighted by Crippen LogP contribution is -2.62. The quantitative estimate of drug-likeness (QED) is 0.0251. The number of carbonyl (C=O) groups is 8. The molecule has 7 amide bonds. The van der Waals surface area contributed by atoms with Gasteiger partial charge in [0.2, 0.25) is 41.4 Å². The molecule has 4 rings (SSSR count). The molecule has 3 aromatic carbocycles. The number of H-pyrrole nitrogens is 1. The summed E-state index contributed by atoms with van der Waals surface area (Å²) >= 11 is 8.09. The zero-order valence-electron chi connectivity index (χ0n) is 38.9. The lowest BCUT2D eigenvalue weighted by molar-refractivity contribution is -0.141. The monoisotopic (exact) mass is 1000 g/mol. The molecule has 0 unspecified atom stereocenters. The van der Waals surface area contributed by atoms with E-state index in [0.29, 0.717) is 24.0 Å².